The van der Waals surface area contributed by atoms with Crippen LogP contribution in [0.3, 0.4) is 0 Å². The maximum Gasteiger partial charge on any atom is 0.338 e. The monoisotopic (exact) mass is 622 g/mol. The third kappa shape index (κ3) is 7.50. The molecule has 2 N–H and O–H groups in total. The molecule has 1 aromatic carbocycles. The van der Waals surface area contributed by atoms with Crippen LogP contribution in [0.4, 0.5) is 4.39 Å². The molecule has 2 aliphatic heterocycles. The zero-order chi connectivity index (χ0) is 27.9. The number of esters is 1. The molecule has 0 aliphatic carbocycles. The van der Waals surface area contributed by atoms with Gasteiger partial charge in [0.15, 0.2) is 10.8 Å². The summed E-state index contributed by atoms with van der Waals surface area (Å²) in [7, 11) is 0. The van der Waals surface area contributed by atoms with E-state index in [0.717, 1.165) is 12.8 Å². The van der Waals surface area contributed by atoms with Gasteiger partial charge in [0.25, 0.3) is 0 Å². The largest absolute Gasteiger partial charge is 0.481 e. The summed E-state index contributed by atoms with van der Waals surface area (Å²) in [6.45, 7) is 5.91. The molecule has 0 bridgehead atoms. The molecule has 210 valence electrons. The second-order valence-electron chi connectivity index (χ2n) is 9.52. The van der Waals surface area contributed by atoms with Crippen LogP contribution in [0, 0.1) is 11.7 Å². The van der Waals surface area contributed by atoms with Gasteiger partial charge in [0, 0.05) is 41.4 Å². The molecule has 1 aromatic heterocycles. The summed E-state index contributed by atoms with van der Waals surface area (Å²) in [6.07, 6.45) is 3.75. The average Bonchev–Trinajstić information content (AvgIpc) is 3.44. The Balaban J connectivity index is 1.62. The first-order valence-electron chi connectivity index (χ1n) is 12.9. The number of nitrogens with zero attached hydrogens (tertiary/aromatic N) is 3. The number of rotatable bonds is 11. The van der Waals surface area contributed by atoms with E-state index >= 15 is 0 Å². The predicted octanol–water partition coefficient (Wildman–Crippen LogP) is 4.54. The van der Waals surface area contributed by atoms with Crippen molar-refractivity contribution in [1.29, 1.82) is 0 Å². The van der Waals surface area contributed by atoms with E-state index in [0.29, 0.717) is 64.8 Å². The first kappa shape index (κ1) is 29.3. The van der Waals surface area contributed by atoms with Crippen LogP contribution in [0.15, 0.2) is 50.5 Å². The van der Waals surface area contributed by atoms with E-state index in [9.17, 15) is 14.0 Å². The van der Waals surface area contributed by atoms with E-state index in [-0.39, 0.29) is 18.6 Å². The number of amidine groups is 1. The number of benzene rings is 1. The number of nitrogens with one attached hydrogen (secondary N) is 1. The Hall–Kier alpha value is -2.67. The molecule has 1 unspecified atom stereocenters. The maximum absolute atomic E-state index is 13.9. The Morgan fingerprint density at radius 2 is 2.23 bits per heavy atom. The van der Waals surface area contributed by atoms with Crippen molar-refractivity contribution in [2.75, 3.05) is 32.8 Å². The number of carbonyl (C=O) groups is 2. The minimum atomic E-state index is -0.789. The molecule has 3 atom stereocenters. The van der Waals surface area contributed by atoms with Crippen LogP contribution in [-0.2, 0) is 19.1 Å². The first-order chi connectivity index (χ1) is 18.8. The molecule has 1 saturated heterocycles. The normalized spacial score (nSPS) is 20.8. The van der Waals surface area contributed by atoms with Crippen LogP contribution >= 0.6 is 27.3 Å². The van der Waals surface area contributed by atoms with E-state index in [1.807, 2.05) is 5.38 Å². The van der Waals surface area contributed by atoms with Crippen molar-refractivity contribution in [1.82, 2.24) is 15.2 Å². The van der Waals surface area contributed by atoms with Gasteiger partial charge in [-0.1, -0.05) is 28.9 Å². The van der Waals surface area contributed by atoms with Crippen LogP contribution in [0.25, 0.3) is 0 Å². The Morgan fingerprint density at radius 1 is 1.41 bits per heavy atom. The highest BCUT2D eigenvalue weighted by Crippen LogP contribution is 2.37. The molecule has 0 saturated carbocycles. The Labute approximate surface area is 239 Å². The molecule has 39 heavy (non-hydrogen) atoms. The topological polar surface area (TPSA) is 113 Å². The van der Waals surface area contributed by atoms with E-state index in [4.69, 9.17) is 19.6 Å². The minimum absolute atomic E-state index is 0.0379. The van der Waals surface area contributed by atoms with Crippen molar-refractivity contribution in [3.05, 3.63) is 61.9 Å². The molecule has 3 heterocycles. The van der Waals surface area contributed by atoms with Gasteiger partial charge >= 0.3 is 11.9 Å². The number of hydrogen-bond acceptors (Lipinski definition) is 9. The smallest absolute Gasteiger partial charge is 0.338 e. The van der Waals surface area contributed by atoms with Crippen molar-refractivity contribution >= 4 is 45.0 Å². The van der Waals surface area contributed by atoms with Gasteiger partial charge in [0.05, 0.1) is 30.8 Å². The molecule has 2 aromatic rings. The fourth-order valence-corrected chi connectivity index (χ4v) is 5.82. The zero-order valence-electron chi connectivity index (χ0n) is 21.9. The number of halogens is 2. The number of ether oxygens (including phenoxy) is 2. The fraction of sp³-hybridized carbons (Fsp3) is 0.481. The van der Waals surface area contributed by atoms with Crippen molar-refractivity contribution < 1.29 is 28.6 Å². The summed E-state index contributed by atoms with van der Waals surface area (Å²) >= 11 is 4.88. The standard InChI is InChI=1S/C27H32BrFN4O5S/c1-3-37-27(36)22-21(15-33-10-11-38-18(14-33)6-4-5-16(2)26(34)35)31-24(25-30-9-12-39-25)32-23(22)19-8-7-17(29)13-20(19)28/h7-9,12-13,16,18,23H,3-6,10-11,14-15H2,1-2H3,(H,31,32)(H,34,35)/t16?,18-,23+/m1/s1. The molecule has 0 amide bonds. The van der Waals surface area contributed by atoms with Crippen molar-refractivity contribution in [3.63, 3.8) is 0 Å². The lowest BCUT2D eigenvalue weighted by atomic mass is 9.95. The third-order valence-corrected chi connectivity index (χ3v) is 8.17. The molecule has 1 fully saturated rings. The van der Waals surface area contributed by atoms with Gasteiger partial charge < -0.3 is 19.9 Å². The van der Waals surface area contributed by atoms with Crippen molar-refractivity contribution in [2.45, 2.75) is 45.3 Å². The second kappa shape index (κ2) is 13.6. The number of aliphatic imine (C=N–C) groups is 1. The fourth-order valence-electron chi connectivity index (χ4n) is 4.66. The van der Waals surface area contributed by atoms with E-state index < -0.39 is 23.8 Å². The van der Waals surface area contributed by atoms with E-state index in [1.165, 1.54) is 23.5 Å². The lowest BCUT2D eigenvalue weighted by Gasteiger charge is -2.35. The lowest BCUT2D eigenvalue weighted by molar-refractivity contribution is -0.141. The summed E-state index contributed by atoms with van der Waals surface area (Å²) < 4.78 is 25.9. The van der Waals surface area contributed by atoms with Crippen molar-refractivity contribution in [2.24, 2.45) is 10.9 Å². The molecule has 12 heteroatoms. The third-order valence-electron chi connectivity index (χ3n) is 6.70. The van der Waals surface area contributed by atoms with Crippen LogP contribution in [0.1, 0.15) is 49.7 Å². The molecule has 9 nitrogen and oxygen atoms in total. The van der Waals surface area contributed by atoms with Gasteiger partial charge in [-0.2, -0.15) is 0 Å². The number of morpholine rings is 1. The number of hydrogen-bond donors (Lipinski definition) is 2. The number of aliphatic carboxylic acids is 1. The first-order valence-corrected chi connectivity index (χ1v) is 14.6. The molecular weight excluding hydrogens is 591 g/mol. The summed E-state index contributed by atoms with van der Waals surface area (Å²) in [5, 5.41) is 15.0. The quantitative estimate of drug-likeness (QED) is 0.351. The van der Waals surface area contributed by atoms with Crippen LogP contribution in [-0.4, -0.2) is 71.7 Å². The summed E-state index contributed by atoms with van der Waals surface area (Å²) in [5.74, 6) is -1.54. The lowest BCUT2D eigenvalue weighted by Crippen LogP contribution is -2.46. The summed E-state index contributed by atoms with van der Waals surface area (Å²) in [4.78, 5) is 35.9. The van der Waals surface area contributed by atoms with Gasteiger partial charge in [-0.05, 0) is 43.9 Å². The van der Waals surface area contributed by atoms with Gasteiger partial charge in [0.1, 0.15) is 11.9 Å². The number of thiazole rings is 1. The number of aromatic nitrogens is 1. The van der Waals surface area contributed by atoms with E-state index in [2.05, 4.69) is 31.1 Å². The summed E-state index contributed by atoms with van der Waals surface area (Å²) in [6, 6.07) is 3.60. The van der Waals surface area contributed by atoms with E-state index in [1.54, 1.807) is 26.1 Å². The van der Waals surface area contributed by atoms with Crippen molar-refractivity contribution in [3.8, 4) is 0 Å². The molecular formula is C27H32BrFN4O5S. The summed E-state index contributed by atoms with van der Waals surface area (Å²) in [5.41, 5.74) is 1.65. The Kier molecular flexibility index (Phi) is 10.2. The van der Waals surface area contributed by atoms with Crippen LogP contribution < -0.4 is 5.32 Å². The SMILES string of the molecule is CCOC(=O)C1=C(CN2CCO[C@H](CCCC(C)C(=O)O)C2)NC(c2nccs2)=N[C@H]1c1ccc(F)cc1Br. The molecule has 0 spiro atoms. The molecule has 4 rings (SSSR count). The highest BCUT2D eigenvalue weighted by molar-refractivity contribution is 9.10. The minimum Gasteiger partial charge on any atom is -0.481 e. The van der Waals surface area contributed by atoms with Gasteiger partial charge in [0.2, 0.25) is 0 Å². The Bertz CT molecular complexity index is 1240. The number of carboxylic acids is 1. The number of carbonyl (C=O) groups excluding carboxylic acids is 1. The van der Waals surface area contributed by atoms with Gasteiger partial charge in [-0.3, -0.25) is 14.7 Å². The number of carboxylic acid groups (broad SMARTS) is 1. The van der Waals surface area contributed by atoms with Gasteiger partial charge in [-0.25, -0.2) is 14.2 Å². The molecule has 2 aliphatic rings. The van der Waals surface area contributed by atoms with Crippen LogP contribution in [0.5, 0.6) is 0 Å². The second-order valence-corrected chi connectivity index (χ2v) is 11.3. The maximum atomic E-state index is 13.9. The molecule has 0 radical (unpaired) electrons. The Morgan fingerprint density at radius 3 is 2.92 bits per heavy atom. The zero-order valence-corrected chi connectivity index (χ0v) is 24.3. The van der Waals surface area contributed by atoms with Gasteiger partial charge in [-0.15, -0.1) is 11.3 Å². The highest BCUT2D eigenvalue weighted by Gasteiger charge is 2.35. The predicted molar refractivity (Wildman–Crippen MR) is 149 cm³/mol. The average molecular weight is 624 g/mol. The highest BCUT2D eigenvalue weighted by atomic mass is 79.9. The van der Waals surface area contributed by atoms with Crippen LogP contribution in [0.2, 0.25) is 0 Å².